The maximum absolute atomic E-state index is 13.0. The summed E-state index contributed by atoms with van der Waals surface area (Å²) in [6.45, 7) is 3.62. The summed E-state index contributed by atoms with van der Waals surface area (Å²) in [4.78, 5) is 35.0. The average molecular weight is 460 g/mol. The molecule has 0 saturated heterocycles. The zero-order valence-electron chi connectivity index (χ0n) is 18.3. The standard InChI is InChI=1S/C23H21N7O2S/c1-14-20(22(32)30(28(14)3)16-9-5-4-6-10-16)26-19(31)13-33-23-25-18-12-8-7-11-17(18)21-24-15(2)27-29(21)23/h4-12H,13H2,1-3H3,(H,26,31). The molecule has 0 bridgehead atoms. The second-order valence-electron chi connectivity index (χ2n) is 7.58. The van der Waals surface area contributed by atoms with E-state index in [2.05, 4.69) is 20.4 Å². The Hall–Kier alpha value is -3.92. The van der Waals surface area contributed by atoms with E-state index in [-0.39, 0.29) is 22.9 Å². The summed E-state index contributed by atoms with van der Waals surface area (Å²) >= 11 is 1.25. The number of rotatable bonds is 5. The lowest BCUT2D eigenvalue weighted by molar-refractivity contribution is -0.113. The first kappa shape index (κ1) is 21.0. The van der Waals surface area contributed by atoms with Gasteiger partial charge in [-0.1, -0.05) is 42.1 Å². The minimum Gasteiger partial charge on any atom is -0.319 e. The van der Waals surface area contributed by atoms with Crippen LogP contribution in [-0.2, 0) is 11.8 Å². The maximum Gasteiger partial charge on any atom is 0.295 e. The Morgan fingerprint density at radius 1 is 1.03 bits per heavy atom. The van der Waals surface area contributed by atoms with Crippen LogP contribution in [0.5, 0.6) is 0 Å². The van der Waals surface area contributed by atoms with Crippen molar-refractivity contribution in [2.75, 3.05) is 11.1 Å². The second-order valence-corrected chi connectivity index (χ2v) is 8.52. The first-order valence-corrected chi connectivity index (χ1v) is 11.3. The smallest absolute Gasteiger partial charge is 0.295 e. The van der Waals surface area contributed by atoms with Crippen molar-refractivity contribution in [2.45, 2.75) is 19.0 Å². The molecular weight excluding hydrogens is 438 g/mol. The van der Waals surface area contributed by atoms with Crippen molar-refractivity contribution in [1.82, 2.24) is 28.9 Å². The van der Waals surface area contributed by atoms with E-state index in [1.165, 1.54) is 16.4 Å². The van der Waals surface area contributed by atoms with Gasteiger partial charge in [-0.25, -0.2) is 14.6 Å². The Morgan fingerprint density at radius 3 is 2.55 bits per heavy atom. The van der Waals surface area contributed by atoms with Crippen LogP contribution in [0.25, 0.3) is 22.2 Å². The number of aryl methyl sites for hydroxylation is 1. The van der Waals surface area contributed by atoms with Gasteiger partial charge in [0.15, 0.2) is 10.8 Å². The van der Waals surface area contributed by atoms with Crippen molar-refractivity contribution in [3.63, 3.8) is 0 Å². The van der Waals surface area contributed by atoms with E-state index >= 15 is 0 Å². The summed E-state index contributed by atoms with van der Waals surface area (Å²) in [5, 5.41) is 8.68. The van der Waals surface area contributed by atoms with E-state index in [1.54, 1.807) is 23.2 Å². The molecule has 9 nitrogen and oxygen atoms in total. The number of nitrogens with zero attached hydrogens (tertiary/aromatic N) is 6. The number of carbonyl (C=O) groups is 1. The van der Waals surface area contributed by atoms with Crippen LogP contribution >= 0.6 is 11.8 Å². The Labute approximate surface area is 193 Å². The largest absolute Gasteiger partial charge is 0.319 e. The number of thioether (sulfide) groups is 1. The molecule has 0 aliphatic heterocycles. The van der Waals surface area contributed by atoms with Gasteiger partial charge in [-0.2, -0.15) is 4.52 Å². The number of para-hydroxylation sites is 2. The van der Waals surface area contributed by atoms with Crippen LogP contribution in [-0.4, -0.2) is 40.6 Å². The Morgan fingerprint density at radius 2 is 1.76 bits per heavy atom. The quantitative estimate of drug-likeness (QED) is 0.320. The molecular formula is C23H21N7O2S. The number of nitrogens with one attached hydrogen (secondary N) is 1. The van der Waals surface area contributed by atoms with Crippen molar-refractivity contribution in [3.8, 4) is 5.69 Å². The number of amides is 1. The number of fused-ring (bicyclic) bond motifs is 3. The van der Waals surface area contributed by atoms with Crippen molar-refractivity contribution in [3.05, 3.63) is 76.5 Å². The summed E-state index contributed by atoms with van der Waals surface area (Å²) < 4.78 is 4.92. The fraction of sp³-hybridized carbons (Fsp3) is 0.174. The van der Waals surface area contributed by atoms with Gasteiger partial charge in [-0.05, 0) is 38.1 Å². The van der Waals surface area contributed by atoms with Gasteiger partial charge >= 0.3 is 0 Å². The molecule has 0 saturated carbocycles. The summed E-state index contributed by atoms with van der Waals surface area (Å²) in [6.07, 6.45) is 0. The first-order chi connectivity index (χ1) is 15.9. The van der Waals surface area contributed by atoms with E-state index in [0.717, 1.165) is 16.6 Å². The molecule has 33 heavy (non-hydrogen) atoms. The Bertz CT molecular complexity index is 1570. The topological polar surface area (TPSA) is 99.1 Å². The highest BCUT2D eigenvalue weighted by molar-refractivity contribution is 7.99. The van der Waals surface area contributed by atoms with Gasteiger partial charge in [0.05, 0.1) is 22.7 Å². The van der Waals surface area contributed by atoms with E-state index < -0.39 is 0 Å². The van der Waals surface area contributed by atoms with Gasteiger partial charge in [0.1, 0.15) is 11.5 Å². The molecule has 3 aromatic heterocycles. The molecule has 3 heterocycles. The summed E-state index contributed by atoms with van der Waals surface area (Å²) in [5.74, 6) is 0.394. The van der Waals surface area contributed by atoms with E-state index in [1.807, 2.05) is 61.5 Å². The summed E-state index contributed by atoms with van der Waals surface area (Å²) in [7, 11) is 1.79. The number of anilines is 1. The molecule has 5 rings (SSSR count). The van der Waals surface area contributed by atoms with E-state index in [9.17, 15) is 9.59 Å². The van der Waals surface area contributed by atoms with Crippen LogP contribution < -0.4 is 10.9 Å². The number of aromatic nitrogens is 6. The van der Waals surface area contributed by atoms with Crippen molar-refractivity contribution < 1.29 is 4.79 Å². The van der Waals surface area contributed by atoms with Crippen LogP contribution in [0, 0.1) is 13.8 Å². The van der Waals surface area contributed by atoms with Crippen LogP contribution in [0.1, 0.15) is 11.5 Å². The minimum atomic E-state index is -0.300. The number of benzene rings is 2. The number of hydrogen-bond acceptors (Lipinski definition) is 6. The van der Waals surface area contributed by atoms with Crippen LogP contribution in [0.3, 0.4) is 0 Å². The predicted molar refractivity (Wildman–Crippen MR) is 128 cm³/mol. The molecule has 166 valence electrons. The zero-order chi connectivity index (χ0) is 23.1. The third-order valence-electron chi connectivity index (χ3n) is 5.41. The molecule has 1 N–H and O–H groups in total. The SMILES string of the molecule is Cc1nc2c3ccccc3nc(SCC(=O)Nc3c(C)n(C)n(-c4ccccc4)c3=O)n2n1. The van der Waals surface area contributed by atoms with E-state index in [4.69, 9.17) is 0 Å². The van der Waals surface area contributed by atoms with Gasteiger partial charge in [0, 0.05) is 12.4 Å². The van der Waals surface area contributed by atoms with Crippen LogP contribution in [0.15, 0.2) is 64.5 Å². The number of hydrogen-bond donors (Lipinski definition) is 1. The molecule has 0 aliphatic carbocycles. The lowest BCUT2D eigenvalue weighted by Gasteiger charge is -2.07. The second kappa shape index (κ2) is 8.21. The number of carbonyl (C=O) groups excluding carboxylic acids is 1. The molecule has 2 aromatic carbocycles. The molecule has 0 atom stereocenters. The fourth-order valence-electron chi connectivity index (χ4n) is 3.74. The normalized spacial score (nSPS) is 11.4. The summed E-state index contributed by atoms with van der Waals surface area (Å²) in [5.41, 5.74) is 2.86. The highest BCUT2D eigenvalue weighted by atomic mass is 32.2. The van der Waals surface area contributed by atoms with Gasteiger partial charge in [0.2, 0.25) is 5.91 Å². The molecule has 10 heteroatoms. The highest BCUT2D eigenvalue weighted by Crippen LogP contribution is 2.24. The lowest BCUT2D eigenvalue weighted by atomic mass is 10.2. The molecule has 1 amide bonds. The average Bonchev–Trinajstić information content (AvgIpc) is 3.31. The summed E-state index contributed by atoms with van der Waals surface area (Å²) in [6, 6.07) is 17.0. The van der Waals surface area contributed by atoms with Gasteiger partial charge in [-0.15, -0.1) is 5.10 Å². The maximum atomic E-state index is 13.0. The van der Waals surface area contributed by atoms with Gasteiger partial charge in [0.25, 0.3) is 5.56 Å². The monoisotopic (exact) mass is 459 g/mol. The molecule has 0 spiro atoms. The van der Waals surface area contributed by atoms with Crippen LogP contribution in [0.4, 0.5) is 5.69 Å². The van der Waals surface area contributed by atoms with Crippen molar-refractivity contribution in [2.24, 2.45) is 7.05 Å². The van der Waals surface area contributed by atoms with Gasteiger partial charge < -0.3 is 5.32 Å². The fourth-order valence-corrected chi connectivity index (χ4v) is 4.49. The van der Waals surface area contributed by atoms with Crippen LogP contribution in [0.2, 0.25) is 0 Å². The van der Waals surface area contributed by atoms with Gasteiger partial charge in [-0.3, -0.25) is 14.3 Å². The van der Waals surface area contributed by atoms with E-state index in [0.29, 0.717) is 22.3 Å². The Balaban J connectivity index is 1.41. The predicted octanol–water partition coefficient (Wildman–Crippen LogP) is 3.11. The lowest BCUT2D eigenvalue weighted by Crippen LogP contribution is -2.23. The molecule has 0 aliphatic rings. The minimum absolute atomic E-state index is 0.0679. The molecule has 5 aromatic rings. The van der Waals surface area contributed by atoms with Crippen molar-refractivity contribution >= 4 is 39.9 Å². The third-order valence-corrected chi connectivity index (χ3v) is 6.34. The Kier molecular flexibility index (Phi) is 5.21. The zero-order valence-corrected chi connectivity index (χ0v) is 19.1. The first-order valence-electron chi connectivity index (χ1n) is 10.3. The third kappa shape index (κ3) is 3.68. The molecule has 0 radical (unpaired) electrons. The molecule has 0 unspecified atom stereocenters. The van der Waals surface area contributed by atoms with Crippen molar-refractivity contribution in [1.29, 1.82) is 0 Å². The highest BCUT2D eigenvalue weighted by Gasteiger charge is 2.19. The molecule has 0 fully saturated rings.